The summed E-state index contributed by atoms with van der Waals surface area (Å²) in [6.07, 6.45) is 5.98. The molecule has 3 atom stereocenters. The number of hydrogen-bond acceptors (Lipinski definition) is 7. The summed E-state index contributed by atoms with van der Waals surface area (Å²) >= 11 is 0. The van der Waals surface area contributed by atoms with Crippen LogP contribution < -0.4 is 15.5 Å². The normalized spacial score (nSPS) is 28.8. The second-order valence-electron chi connectivity index (χ2n) is 10.8. The van der Waals surface area contributed by atoms with Gasteiger partial charge in [0, 0.05) is 23.8 Å². The molecule has 2 N–H and O–H groups in total. The Bertz CT molecular complexity index is 1150. The first kappa shape index (κ1) is 24.6. The summed E-state index contributed by atoms with van der Waals surface area (Å²) in [5.41, 5.74) is 3.08. The fraction of sp³-hybridized carbons (Fsp3) is 0.571. The highest BCUT2D eigenvalue weighted by Gasteiger charge is 2.42. The minimum absolute atomic E-state index is 0.0364. The zero-order chi connectivity index (χ0) is 25.5. The van der Waals surface area contributed by atoms with Crippen LogP contribution in [0.3, 0.4) is 0 Å². The average Bonchev–Trinajstić information content (AvgIpc) is 3.46. The number of carbonyl (C=O) groups excluding carboxylic acids is 1. The molecule has 9 heteroatoms. The fourth-order valence-electron chi connectivity index (χ4n) is 6.10. The van der Waals surface area contributed by atoms with Gasteiger partial charge in [-0.2, -0.15) is 0 Å². The van der Waals surface area contributed by atoms with Crippen molar-refractivity contribution in [1.82, 2.24) is 4.98 Å². The molecule has 0 radical (unpaired) electrons. The van der Waals surface area contributed by atoms with Gasteiger partial charge >= 0.3 is 0 Å². The van der Waals surface area contributed by atoms with Crippen molar-refractivity contribution < 1.29 is 23.4 Å². The molecule has 198 valence electrons. The maximum absolute atomic E-state index is 14.1. The van der Waals surface area contributed by atoms with Crippen molar-refractivity contribution in [2.75, 3.05) is 28.7 Å². The van der Waals surface area contributed by atoms with Crippen LogP contribution in [0.1, 0.15) is 51.5 Å². The Hall–Kier alpha value is -2.75. The van der Waals surface area contributed by atoms with Crippen LogP contribution in [0.15, 0.2) is 30.5 Å². The summed E-state index contributed by atoms with van der Waals surface area (Å²) in [7, 11) is 0. The maximum atomic E-state index is 14.1. The third-order valence-corrected chi connectivity index (χ3v) is 7.88. The number of benzene rings is 1. The number of carbonyl (C=O) groups is 1. The van der Waals surface area contributed by atoms with E-state index in [0.29, 0.717) is 18.0 Å². The van der Waals surface area contributed by atoms with E-state index >= 15 is 0 Å². The molecule has 3 aliphatic heterocycles. The molecule has 0 unspecified atom stereocenters. The summed E-state index contributed by atoms with van der Waals surface area (Å²) in [5, 5.41) is 6.90. The van der Waals surface area contributed by atoms with Crippen LogP contribution in [0.4, 0.5) is 27.3 Å². The van der Waals surface area contributed by atoms with Crippen LogP contribution in [0, 0.1) is 11.7 Å². The van der Waals surface area contributed by atoms with Gasteiger partial charge < -0.3 is 29.7 Å². The van der Waals surface area contributed by atoms with Crippen LogP contribution in [0.5, 0.6) is 0 Å². The van der Waals surface area contributed by atoms with Crippen LogP contribution in [-0.4, -0.2) is 54.6 Å². The van der Waals surface area contributed by atoms with E-state index in [9.17, 15) is 9.18 Å². The minimum Gasteiger partial charge on any atom is -0.377 e. The highest BCUT2D eigenvalue weighted by molar-refractivity contribution is 6.00. The van der Waals surface area contributed by atoms with E-state index in [2.05, 4.69) is 15.6 Å². The Morgan fingerprint density at radius 3 is 2.84 bits per heavy atom. The summed E-state index contributed by atoms with van der Waals surface area (Å²) in [5.74, 6) is 0.109. The Morgan fingerprint density at radius 1 is 1.19 bits per heavy atom. The van der Waals surface area contributed by atoms with Crippen LogP contribution in [-0.2, 0) is 25.5 Å². The van der Waals surface area contributed by atoms with Crippen molar-refractivity contribution in [3.8, 4) is 0 Å². The van der Waals surface area contributed by atoms with Gasteiger partial charge in [-0.25, -0.2) is 9.37 Å². The molecular weight excluding hydrogens is 475 g/mol. The number of nitrogens with zero attached hydrogens (tertiary/aromatic N) is 2. The number of amides is 1. The van der Waals surface area contributed by atoms with Gasteiger partial charge in [0.15, 0.2) is 0 Å². The molecular formula is C28H35FN4O4. The van der Waals surface area contributed by atoms with Gasteiger partial charge in [0.05, 0.1) is 55.1 Å². The number of anilines is 4. The van der Waals surface area contributed by atoms with E-state index in [0.717, 1.165) is 55.8 Å². The first-order valence-corrected chi connectivity index (χ1v) is 13.5. The topological polar surface area (TPSA) is 85.0 Å². The first-order chi connectivity index (χ1) is 17.9. The van der Waals surface area contributed by atoms with Gasteiger partial charge in [-0.05, 0) is 70.2 Å². The number of nitrogens with one attached hydrogen (secondary N) is 2. The number of aromatic nitrogens is 1. The number of halogens is 1. The van der Waals surface area contributed by atoms with Crippen molar-refractivity contribution in [3.05, 3.63) is 41.8 Å². The van der Waals surface area contributed by atoms with Crippen LogP contribution in [0.25, 0.3) is 0 Å². The highest BCUT2D eigenvalue weighted by atomic mass is 19.1. The lowest BCUT2D eigenvalue weighted by atomic mass is 9.86. The predicted molar refractivity (Wildman–Crippen MR) is 139 cm³/mol. The van der Waals surface area contributed by atoms with E-state index in [1.54, 1.807) is 4.90 Å². The molecule has 0 bridgehead atoms. The molecule has 6 rings (SSSR count). The van der Waals surface area contributed by atoms with E-state index in [4.69, 9.17) is 14.2 Å². The Labute approximate surface area is 216 Å². The molecule has 3 fully saturated rings. The quantitative estimate of drug-likeness (QED) is 0.600. The van der Waals surface area contributed by atoms with Crippen molar-refractivity contribution in [3.63, 3.8) is 0 Å². The van der Waals surface area contributed by atoms with E-state index < -0.39 is 5.82 Å². The molecule has 2 aromatic rings. The summed E-state index contributed by atoms with van der Waals surface area (Å²) in [6.45, 7) is 5.65. The molecule has 1 aromatic carbocycles. The largest absolute Gasteiger partial charge is 0.377 e. The van der Waals surface area contributed by atoms with E-state index in [1.807, 2.05) is 32.0 Å². The Balaban J connectivity index is 1.27. The van der Waals surface area contributed by atoms with E-state index in [1.165, 1.54) is 12.3 Å². The first-order valence-electron chi connectivity index (χ1n) is 13.5. The second kappa shape index (κ2) is 10.2. The summed E-state index contributed by atoms with van der Waals surface area (Å²) in [6, 6.07) is 7.45. The molecule has 1 saturated carbocycles. The molecule has 1 aromatic heterocycles. The third kappa shape index (κ3) is 5.04. The molecule has 37 heavy (non-hydrogen) atoms. The predicted octanol–water partition coefficient (Wildman–Crippen LogP) is 4.76. The second-order valence-corrected chi connectivity index (χ2v) is 10.8. The molecule has 0 spiro atoms. The van der Waals surface area contributed by atoms with Crippen molar-refractivity contribution in [1.29, 1.82) is 0 Å². The molecule has 1 amide bonds. The van der Waals surface area contributed by atoms with Crippen LogP contribution in [0.2, 0.25) is 0 Å². The van der Waals surface area contributed by atoms with Gasteiger partial charge in [-0.3, -0.25) is 4.79 Å². The Kier molecular flexibility index (Phi) is 6.77. The summed E-state index contributed by atoms with van der Waals surface area (Å²) < 4.78 is 31.9. The van der Waals surface area contributed by atoms with Crippen molar-refractivity contribution >= 4 is 28.8 Å². The zero-order valence-electron chi connectivity index (χ0n) is 21.4. The lowest BCUT2D eigenvalue weighted by Gasteiger charge is -2.33. The standard InChI is InChI=1S/C28H35FN4O4/c1-16(2)37-21-6-3-17(4-7-21)28(34)33-14-18-11-19(29)13-30-27(18)32-22-8-5-20(12-24(22)33)31-23-15-36-25-9-10-35-26(23)25/h5,8,11-13,16-17,21,23,25-26,31H,3-4,6-7,9-10,14-15H2,1-2H3,(H,30,32)/t17-,21-,23-,25-,26-/m1/s1. The molecule has 2 saturated heterocycles. The zero-order valence-corrected chi connectivity index (χ0v) is 21.4. The van der Waals surface area contributed by atoms with Gasteiger partial charge in [0.25, 0.3) is 0 Å². The molecule has 1 aliphatic carbocycles. The highest BCUT2D eigenvalue weighted by Crippen LogP contribution is 2.40. The molecule has 8 nitrogen and oxygen atoms in total. The maximum Gasteiger partial charge on any atom is 0.230 e. The lowest BCUT2D eigenvalue weighted by Crippen LogP contribution is -2.38. The number of rotatable bonds is 5. The summed E-state index contributed by atoms with van der Waals surface area (Å²) in [4.78, 5) is 20.1. The minimum atomic E-state index is -0.417. The third-order valence-electron chi connectivity index (χ3n) is 7.88. The van der Waals surface area contributed by atoms with Gasteiger partial charge in [0.2, 0.25) is 5.91 Å². The SMILES string of the molecule is CC(C)O[C@H]1CC[C@H](C(=O)N2Cc3cc(F)cnc3Nc3ccc(N[C@@H]4CO[C@@H]5CCO[C@H]45)cc32)CC1. The number of ether oxygens (including phenoxy) is 3. The monoisotopic (exact) mass is 510 g/mol. The number of fused-ring (bicyclic) bond motifs is 3. The van der Waals surface area contributed by atoms with Crippen molar-refractivity contribution in [2.24, 2.45) is 5.92 Å². The van der Waals surface area contributed by atoms with Crippen LogP contribution >= 0.6 is 0 Å². The number of pyridine rings is 1. The Morgan fingerprint density at radius 2 is 2.03 bits per heavy atom. The lowest BCUT2D eigenvalue weighted by molar-refractivity contribution is -0.124. The van der Waals surface area contributed by atoms with Gasteiger partial charge in [-0.1, -0.05) is 0 Å². The number of hydrogen-bond donors (Lipinski definition) is 2. The molecule has 4 heterocycles. The van der Waals surface area contributed by atoms with Gasteiger partial charge in [0.1, 0.15) is 17.7 Å². The van der Waals surface area contributed by atoms with Crippen molar-refractivity contribution in [2.45, 2.75) is 83.0 Å². The fourth-order valence-corrected chi connectivity index (χ4v) is 6.10. The smallest absolute Gasteiger partial charge is 0.230 e. The average molecular weight is 511 g/mol. The van der Waals surface area contributed by atoms with E-state index in [-0.39, 0.29) is 48.8 Å². The van der Waals surface area contributed by atoms with Gasteiger partial charge in [-0.15, -0.1) is 0 Å². The molecule has 4 aliphatic rings.